The molecule has 0 aromatic carbocycles. The van der Waals surface area contributed by atoms with Gasteiger partial charge in [0.15, 0.2) is 5.82 Å². The number of hydrogen-bond acceptors (Lipinski definition) is 7. The number of aliphatic hydroxyl groups is 1. The van der Waals surface area contributed by atoms with Crippen LogP contribution in [0.2, 0.25) is 0 Å². The van der Waals surface area contributed by atoms with Gasteiger partial charge in [0.25, 0.3) is 5.91 Å². The molecular weight excluding hydrogens is 432 g/mol. The molecule has 10 heteroatoms. The van der Waals surface area contributed by atoms with Crippen LogP contribution in [0.15, 0.2) is 48.9 Å². The molecule has 0 unspecified atom stereocenters. The summed E-state index contributed by atoms with van der Waals surface area (Å²) >= 11 is 0. The second kappa shape index (κ2) is 9.68. The molecule has 1 saturated carbocycles. The van der Waals surface area contributed by atoms with Crippen LogP contribution in [0.4, 0.5) is 0 Å². The molecule has 4 aromatic heterocycles. The molecule has 176 valence electrons. The third kappa shape index (κ3) is 4.54. The Morgan fingerprint density at radius 3 is 2.82 bits per heavy atom. The number of tetrazole rings is 1. The minimum atomic E-state index is -0.132. The van der Waals surface area contributed by atoms with Crippen molar-refractivity contribution in [3.8, 4) is 0 Å². The number of aromatic nitrogens is 7. The van der Waals surface area contributed by atoms with E-state index in [1.54, 1.807) is 16.7 Å². The highest BCUT2D eigenvalue weighted by molar-refractivity contribution is 5.93. The van der Waals surface area contributed by atoms with Crippen molar-refractivity contribution in [2.24, 2.45) is 0 Å². The lowest BCUT2D eigenvalue weighted by molar-refractivity contribution is 0.0930. The third-order valence-electron chi connectivity index (χ3n) is 6.58. The maximum atomic E-state index is 13.3. The molecule has 1 aliphatic carbocycles. The molecule has 1 fully saturated rings. The van der Waals surface area contributed by atoms with Crippen LogP contribution >= 0.6 is 0 Å². The first-order chi connectivity index (χ1) is 16.7. The van der Waals surface area contributed by atoms with Crippen LogP contribution in [0.25, 0.3) is 5.65 Å². The van der Waals surface area contributed by atoms with Gasteiger partial charge < -0.3 is 10.4 Å². The van der Waals surface area contributed by atoms with Crippen LogP contribution in [0, 0.1) is 0 Å². The fraction of sp³-hybridized carbons (Fsp3) is 0.417. The Labute approximate surface area is 197 Å². The number of fused-ring (bicyclic) bond motifs is 1. The fourth-order valence-corrected chi connectivity index (χ4v) is 4.82. The number of nitrogens with one attached hydrogen (secondary N) is 1. The molecule has 1 aliphatic rings. The molecule has 2 N–H and O–H groups in total. The van der Waals surface area contributed by atoms with E-state index in [1.807, 2.05) is 30.6 Å². The highest BCUT2D eigenvalue weighted by Gasteiger charge is 2.34. The second-order valence-corrected chi connectivity index (χ2v) is 8.85. The second-order valence-electron chi connectivity index (χ2n) is 8.85. The molecular formula is C24H28N8O2. The van der Waals surface area contributed by atoms with Crippen molar-refractivity contribution in [1.29, 1.82) is 0 Å². The van der Waals surface area contributed by atoms with Gasteiger partial charge in [-0.15, -0.1) is 10.2 Å². The minimum Gasteiger partial charge on any atom is -0.396 e. The van der Waals surface area contributed by atoms with E-state index in [2.05, 4.69) is 36.8 Å². The Kier molecular flexibility index (Phi) is 6.31. The van der Waals surface area contributed by atoms with E-state index >= 15 is 0 Å². The predicted octanol–water partition coefficient (Wildman–Crippen LogP) is 1.93. The van der Waals surface area contributed by atoms with Crippen molar-refractivity contribution in [3.05, 3.63) is 71.7 Å². The van der Waals surface area contributed by atoms with Gasteiger partial charge in [0.1, 0.15) is 17.9 Å². The van der Waals surface area contributed by atoms with Crippen molar-refractivity contribution in [3.63, 3.8) is 0 Å². The number of hydrogen-bond donors (Lipinski definition) is 2. The Morgan fingerprint density at radius 1 is 1.15 bits per heavy atom. The predicted molar refractivity (Wildman–Crippen MR) is 124 cm³/mol. The molecule has 0 spiro atoms. The molecule has 10 nitrogen and oxygen atoms in total. The normalized spacial score (nSPS) is 15.4. The van der Waals surface area contributed by atoms with Crippen LogP contribution in [-0.2, 0) is 18.4 Å². The van der Waals surface area contributed by atoms with Crippen molar-refractivity contribution in [2.45, 2.75) is 50.5 Å². The number of imidazole rings is 1. The summed E-state index contributed by atoms with van der Waals surface area (Å²) in [6.45, 7) is 0.873. The average molecular weight is 461 g/mol. The lowest BCUT2D eigenvalue weighted by atomic mass is 9.70. The first-order valence-corrected chi connectivity index (χ1v) is 11.7. The summed E-state index contributed by atoms with van der Waals surface area (Å²) in [4.78, 5) is 23.7. The van der Waals surface area contributed by atoms with E-state index < -0.39 is 0 Å². The Morgan fingerprint density at radius 2 is 2.03 bits per heavy atom. The number of pyridine rings is 2. The van der Waals surface area contributed by atoms with Gasteiger partial charge >= 0.3 is 0 Å². The average Bonchev–Trinajstić information content (AvgIpc) is 3.50. The van der Waals surface area contributed by atoms with Gasteiger partial charge in [-0.1, -0.05) is 31.4 Å². The molecule has 1 amide bonds. The van der Waals surface area contributed by atoms with Gasteiger partial charge in [-0.2, -0.15) is 4.80 Å². The van der Waals surface area contributed by atoms with Gasteiger partial charge in [-0.3, -0.25) is 14.2 Å². The SMILES string of the molecule is O=C(NCC1(c2cccnc2)CCCCC1)c1cccc2nc(Cn3nnc(CCO)n3)cn12. The number of aliphatic hydroxyl groups excluding tert-OH is 1. The summed E-state index contributed by atoms with van der Waals surface area (Å²) < 4.78 is 1.80. The zero-order valence-electron chi connectivity index (χ0n) is 19.0. The summed E-state index contributed by atoms with van der Waals surface area (Å²) in [5, 5.41) is 24.4. The summed E-state index contributed by atoms with van der Waals surface area (Å²) in [6.07, 6.45) is 11.5. The molecule has 0 bridgehead atoms. The first-order valence-electron chi connectivity index (χ1n) is 11.7. The molecule has 4 aromatic rings. The Bertz CT molecular complexity index is 1260. The standard InChI is InChI=1S/C24H28N8O2/c33-13-9-21-28-30-32(29-21)16-19-15-31-20(7-4-8-22(31)27-19)23(34)26-17-24(10-2-1-3-11-24)18-6-5-12-25-14-18/h4-8,12,14-15,33H,1-3,9-11,13,16-17H2,(H,26,34). The number of carbonyl (C=O) groups excluding carboxylic acids is 1. The van der Waals surface area contributed by atoms with Gasteiger partial charge in [-0.25, -0.2) is 4.98 Å². The number of rotatable bonds is 8. The highest BCUT2D eigenvalue weighted by atomic mass is 16.3. The summed E-state index contributed by atoms with van der Waals surface area (Å²) in [7, 11) is 0. The van der Waals surface area contributed by atoms with Crippen LogP contribution in [0.3, 0.4) is 0 Å². The smallest absolute Gasteiger partial charge is 0.268 e. The number of amides is 1. The largest absolute Gasteiger partial charge is 0.396 e. The fourth-order valence-electron chi connectivity index (χ4n) is 4.82. The molecule has 0 atom stereocenters. The van der Waals surface area contributed by atoms with E-state index in [-0.39, 0.29) is 17.9 Å². The van der Waals surface area contributed by atoms with Gasteiger partial charge in [0.2, 0.25) is 0 Å². The lowest BCUT2D eigenvalue weighted by Crippen LogP contribution is -2.42. The van der Waals surface area contributed by atoms with Crippen LogP contribution in [-0.4, -0.2) is 58.7 Å². The Balaban J connectivity index is 1.34. The Hall–Kier alpha value is -3.66. The molecule has 34 heavy (non-hydrogen) atoms. The van der Waals surface area contributed by atoms with Crippen molar-refractivity contribution < 1.29 is 9.90 Å². The van der Waals surface area contributed by atoms with E-state index in [0.29, 0.717) is 42.4 Å². The topological polar surface area (TPSA) is 123 Å². The quantitative estimate of drug-likeness (QED) is 0.412. The first kappa shape index (κ1) is 22.1. The van der Waals surface area contributed by atoms with Gasteiger partial charge in [0.05, 0.1) is 12.3 Å². The number of carbonyl (C=O) groups is 1. The van der Waals surface area contributed by atoms with Crippen molar-refractivity contribution in [2.75, 3.05) is 13.2 Å². The third-order valence-corrected chi connectivity index (χ3v) is 6.58. The van der Waals surface area contributed by atoms with Crippen molar-refractivity contribution >= 4 is 11.6 Å². The van der Waals surface area contributed by atoms with E-state index in [4.69, 9.17) is 5.11 Å². The molecule has 5 rings (SSSR count). The zero-order valence-corrected chi connectivity index (χ0v) is 19.0. The molecule has 0 saturated heterocycles. The minimum absolute atomic E-state index is 0.0272. The van der Waals surface area contributed by atoms with Crippen LogP contribution in [0.1, 0.15) is 59.7 Å². The zero-order chi connectivity index (χ0) is 23.4. The van der Waals surface area contributed by atoms with Crippen LogP contribution in [0.5, 0.6) is 0 Å². The van der Waals surface area contributed by atoms with Gasteiger partial charge in [0, 0.05) is 37.0 Å². The monoisotopic (exact) mass is 460 g/mol. The molecule has 4 heterocycles. The summed E-state index contributed by atoms with van der Waals surface area (Å²) in [5.74, 6) is 0.351. The van der Waals surface area contributed by atoms with E-state index in [9.17, 15) is 4.79 Å². The maximum absolute atomic E-state index is 13.3. The summed E-state index contributed by atoms with van der Waals surface area (Å²) in [6, 6.07) is 9.60. The van der Waals surface area contributed by atoms with Crippen LogP contribution < -0.4 is 5.32 Å². The van der Waals surface area contributed by atoms with E-state index in [0.717, 1.165) is 25.7 Å². The highest BCUT2D eigenvalue weighted by Crippen LogP contribution is 2.38. The van der Waals surface area contributed by atoms with Gasteiger partial charge in [-0.05, 0) is 41.8 Å². The van der Waals surface area contributed by atoms with E-state index in [1.165, 1.54) is 16.8 Å². The summed E-state index contributed by atoms with van der Waals surface area (Å²) in [5.41, 5.74) is 3.03. The maximum Gasteiger partial charge on any atom is 0.268 e. The number of nitrogens with zero attached hydrogens (tertiary/aromatic N) is 7. The lowest BCUT2D eigenvalue weighted by Gasteiger charge is -2.37. The van der Waals surface area contributed by atoms with Crippen molar-refractivity contribution in [1.82, 2.24) is 39.9 Å². The molecule has 0 aliphatic heterocycles. The molecule has 0 radical (unpaired) electrons.